The molecule has 0 spiro atoms. The van der Waals surface area contributed by atoms with Crippen molar-refractivity contribution in [3.63, 3.8) is 0 Å². The lowest BCUT2D eigenvalue weighted by molar-refractivity contribution is 0.103. The topological polar surface area (TPSA) is 29.1 Å². The Balaban J connectivity index is 2.17. The highest BCUT2D eigenvalue weighted by molar-refractivity contribution is 7.80. The SMILES string of the molecule is O=C(Nc1ccccc1F)c1cc(S)cs1. The van der Waals surface area contributed by atoms with Gasteiger partial charge in [0.2, 0.25) is 0 Å². The second-order valence-electron chi connectivity index (χ2n) is 3.10. The van der Waals surface area contributed by atoms with E-state index in [1.165, 1.54) is 23.5 Å². The van der Waals surface area contributed by atoms with E-state index >= 15 is 0 Å². The molecule has 0 aliphatic carbocycles. The molecule has 2 aromatic rings. The van der Waals surface area contributed by atoms with Gasteiger partial charge >= 0.3 is 0 Å². The van der Waals surface area contributed by atoms with Crippen molar-refractivity contribution in [2.75, 3.05) is 5.32 Å². The Hall–Kier alpha value is -1.33. The summed E-state index contributed by atoms with van der Waals surface area (Å²) in [6.07, 6.45) is 0. The summed E-state index contributed by atoms with van der Waals surface area (Å²) in [7, 11) is 0. The fraction of sp³-hybridized carbons (Fsp3) is 0. The zero-order chi connectivity index (χ0) is 11.5. The van der Waals surface area contributed by atoms with E-state index < -0.39 is 5.82 Å². The van der Waals surface area contributed by atoms with Crippen LogP contribution in [0.3, 0.4) is 0 Å². The Morgan fingerprint density at radius 3 is 2.75 bits per heavy atom. The van der Waals surface area contributed by atoms with E-state index in [1.807, 2.05) is 0 Å². The van der Waals surface area contributed by atoms with Gasteiger partial charge in [-0.25, -0.2) is 4.39 Å². The number of anilines is 1. The van der Waals surface area contributed by atoms with Gasteiger partial charge in [0.15, 0.2) is 0 Å². The van der Waals surface area contributed by atoms with Crippen molar-refractivity contribution in [2.45, 2.75) is 4.90 Å². The highest BCUT2D eigenvalue weighted by atomic mass is 32.1. The van der Waals surface area contributed by atoms with Crippen LogP contribution in [0.2, 0.25) is 0 Å². The molecule has 0 bridgehead atoms. The molecule has 1 N–H and O–H groups in total. The summed E-state index contributed by atoms with van der Waals surface area (Å²) in [4.78, 5) is 12.9. The van der Waals surface area contributed by atoms with Crippen LogP contribution < -0.4 is 5.32 Å². The minimum Gasteiger partial charge on any atom is -0.319 e. The first kappa shape index (κ1) is 11.2. The highest BCUT2D eigenvalue weighted by Gasteiger charge is 2.10. The number of hydrogen-bond donors (Lipinski definition) is 2. The monoisotopic (exact) mass is 253 g/mol. The number of nitrogens with one attached hydrogen (secondary N) is 1. The van der Waals surface area contributed by atoms with Crippen LogP contribution in [-0.2, 0) is 0 Å². The van der Waals surface area contributed by atoms with Gasteiger partial charge in [-0.2, -0.15) is 0 Å². The Morgan fingerprint density at radius 1 is 1.38 bits per heavy atom. The molecular weight excluding hydrogens is 245 g/mol. The van der Waals surface area contributed by atoms with Crippen LogP contribution in [0.25, 0.3) is 0 Å². The third-order valence-corrected chi connectivity index (χ3v) is 3.29. The number of carbonyl (C=O) groups excluding carboxylic acids is 1. The molecule has 16 heavy (non-hydrogen) atoms. The summed E-state index contributed by atoms with van der Waals surface area (Å²) >= 11 is 5.37. The summed E-state index contributed by atoms with van der Waals surface area (Å²) in [5.41, 5.74) is 0.182. The van der Waals surface area contributed by atoms with E-state index in [9.17, 15) is 9.18 Å². The standard InChI is InChI=1S/C11H8FNOS2/c12-8-3-1-2-4-9(8)13-11(14)10-5-7(15)6-16-10/h1-6,15H,(H,13,14). The van der Waals surface area contributed by atoms with Crippen LogP contribution in [0, 0.1) is 5.82 Å². The first-order chi connectivity index (χ1) is 7.66. The second kappa shape index (κ2) is 4.67. The van der Waals surface area contributed by atoms with Gasteiger partial charge in [0.25, 0.3) is 5.91 Å². The van der Waals surface area contributed by atoms with Crippen molar-refractivity contribution in [1.82, 2.24) is 0 Å². The number of carbonyl (C=O) groups is 1. The zero-order valence-corrected chi connectivity index (χ0v) is 9.82. The number of benzene rings is 1. The molecule has 1 aromatic heterocycles. The van der Waals surface area contributed by atoms with Crippen LogP contribution in [0.15, 0.2) is 40.6 Å². The number of para-hydroxylation sites is 1. The maximum Gasteiger partial charge on any atom is 0.265 e. The van der Waals surface area contributed by atoms with E-state index in [-0.39, 0.29) is 11.6 Å². The molecular formula is C11H8FNOS2. The maximum absolute atomic E-state index is 13.2. The smallest absolute Gasteiger partial charge is 0.265 e. The summed E-state index contributed by atoms with van der Waals surface area (Å²) in [5.74, 6) is -0.770. The summed E-state index contributed by atoms with van der Waals surface area (Å²) in [5, 5.41) is 4.25. The number of halogens is 1. The molecule has 2 rings (SSSR count). The molecule has 1 aromatic carbocycles. The van der Waals surface area contributed by atoms with Crippen LogP contribution in [0.5, 0.6) is 0 Å². The van der Waals surface area contributed by atoms with E-state index in [0.29, 0.717) is 4.88 Å². The largest absolute Gasteiger partial charge is 0.319 e. The predicted octanol–water partition coefficient (Wildman–Crippen LogP) is 3.43. The van der Waals surface area contributed by atoms with Crippen molar-refractivity contribution in [3.05, 3.63) is 46.4 Å². The minimum atomic E-state index is -0.446. The maximum atomic E-state index is 13.2. The molecule has 0 aliphatic heterocycles. The predicted molar refractivity (Wildman–Crippen MR) is 65.9 cm³/mol. The average Bonchev–Trinajstić information content (AvgIpc) is 2.68. The molecule has 1 amide bonds. The molecule has 0 fully saturated rings. The van der Waals surface area contributed by atoms with Gasteiger partial charge in [0, 0.05) is 10.3 Å². The highest BCUT2D eigenvalue weighted by Crippen LogP contribution is 2.20. The second-order valence-corrected chi connectivity index (χ2v) is 4.53. The first-order valence-electron chi connectivity index (χ1n) is 4.50. The van der Waals surface area contributed by atoms with E-state index in [1.54, 1.807) is 23.6 Å². The average molecular weight is 253 g/mol. The number of amides is 1. The quantitative estimate of drug-likeness (QED) is 0.789. The molecule has 0 saturated carbocycles. The van der Waals surface area contributed by atoms with Crippen LogP contribution in [0.1, 0.15) is 9.67 Å². The van der Waals surface area contributed by atoms with Crippen molar-refractivity contribution in [2.24, 2.45) is 0 Å². The molecule has 5 heteroatoms. The summed E-state index contributed by atoms with van der Waals surface area (Å²) in [6.45, 7) is 0. The fourth-order valence-electron chi connectivity index (χ4n) is 1.19. The Labute approximate surface area is 102 Å². The van der Waals surface area contributed by atoms with Gasteiger partial charge in [-0.05, 0) is 18.2 Å². The Bertz CT molecular complexity index is 524. The molecule has 0 atom stereocenters. The number of hydrogen-bond acceptors (Lipinski definition) is 3. The third-order valence-electron chi connectivity index (χ3n) is 1.93. The Morgan fingerprint density at radius 2 is 2.12 bits per heavy atom. The van der Waals surface area contributed by atoms with E-state index in [4.69, 9.17) is 0 Å². The van der Waals surface area contributed by atoms with E-state index in [2.05, 4.69) is 17.9 Å². The first-order valence-corrected chi connectivity index (χ1v) is 5.83. The third kappa shape index (κ3) is 2.43. The fourth-order valence-corrected chi connectivity index (χ4v) is 2.24. The van der Waals surface area contributed by atoms with Gasteiger partial charge in [-0.3, -0.25) is 4.79 Å². The van der Waals surface area contributed by atoms with Crippen LogP contribution in [0.4, 0.5) is 10.1 Å². The lowest BCUT2D eigenvalue weighted by Crippen LogP contribution is -2.11. The Kier molecular flexibility index (Phi) is 3.26. The normalized spacial score (nSPS) is 10.1. The molecule has 1 heterocycles. The zero-order valence-electron chi connectivity index (χ0n) is 8.11. The van der Waals surface area contributed by atoms with Crippen molar-refractivity contribution in [1.29, 1.82) is 0 Å². The van der Waals surface area contributed by atoms with Gasteiger partial charge in [0.05, 0.1) is 10.6 Å². The van der Waals surface area contributed by atoms with Crippen LogP contribution in [-0.4, -0.2) is 5.91 Å². The number of rotatable bonds is 2. The molecule has 82 valence electrons. The minimum absolute atomic E-state index is 0.182. The molecule has 0 saturated heterocycles. The summed E-state index contributed by atoms with van der Waals surface area (Å²) in [6, 6.07) is 7.69. The number of thiol groups is 1. The molecule has 0 radical (unpaired) electrons. The van der Waals surface area contributed by atoms with Gasteiger partial charge in [-0.1, -0.05) is 12.1 Å². The van der Waals surface area contributed by atoms with Crippen molar-refractivity contribution in [3.8, 4) is 0 Å². The van der Waals surface area contributed by atoms with E-state index in [0.717, 1.165) is 4.90 Å². The summed E-state index contributed by atoms with van der Waals surface area (Å²) < 4.78 is 13.2. The van der Waals surface area contributed by atoms with Gasteiger partial charge in [-0.15, -0.1) is 24.0 Å². The van der Waals surface area contributed by atoms with Crippen LogP contribution >= 0.6 is 24.0 Å². The lowest BCUT2D eigenvalue weighted by atomic mass is 10.3. The molecule has 2 nitrogen and oxygen atoms in total. The molecule has 0 unspecified atom stereocenters. The molecule has 0 aliphatic rings. The van der Waals surface area contributed by atoms with Gasteiger partial charge in [0.1, 0.15) is 5.82 Å². The number of thiophene rings is 1. The lowest BCUT2D eigenvalue weighted by Gasteiger charge is -2.03. The van der Waals surface area contributed by atoms with Crippen molar-refractivity contribution >= 4 is 35.6 Å². The van der Waals surface area contributed by atoms with Crippen molar-refractivity contribution < 1.29 is 9.18 Å². The van der Waals surface area contributed by atoms with Gasteiger partial charge < -0.3 is 5.32 Å².